The highest BCUT2D eigenvalue weighted by molar-refractivity contribution is 7.21. The first-order chi connectivity index (χ1) is 6.59. The molecule has 0 aliphatic carbocycles. The fraction of sp³-hybridized carbons (Fsp3) is 0. The number of nitrogens with zero attached hydrogens (tertiary/aromatic N) is 2. The lowest BCUT2D eigenvalue weighted by molar-refractivity contribution is -0.389. The van der Waals surface area contributed by atoms with Gasteiger partial charge in [0.05, 0.1) is 15.4 Å². The van der Waals surface area contributed by atoms with Gasteiger partial charge >= 0.3 is 5.82 Å². The first-order valence-corrected chi connectivity index (χ1v) is 4.49. The highest BCUT2D eigenvalue weighted by atomic mass is 32.1. The summed E-state index contributed by atoms with van der Waals surface area (Å²) in [6.07, 6.45) is 1.37. The molecular weight excluding hydrogens is 204 g/mol. The number of nitrogen functional groups attached to an aromatic ring is 2. The molecule has 0 aliphatic heterocycles. The minimum absolute atomic E-state index is 0.220. The van der Waals surface area contributed by atoms with E-state index in [4.69, 9.17) is 11.5 Å². The monoisotopic (exact) mass is 210 g/mol. The number of hydrogen-bond donors (Lipinski definition) is 2. The molecule has 0 radical (unpaired) electrons. The van der Waals surface area contributed by atoms with Crippen molar-refractivity contribution in [3.63, 3.8) is 0 Å². The van der Waals surface area contributed by atoms with E-state index in [1.54, 1.807) is 0 Å². The number of pyridine rings is 1. The molecule has 0 atom stereocenters. The predicted molar refractivity (Wildman–Crippen MR) is 55.1 cm³/mol. The number of aromatic nitrogens is 1. The number of anilines is 2. The molecule has 4 N–H and O–H groups in total. The fourth-order valence-corrected chi connectivity index (χ4v) is 1.96. The van der Waals surface area contributed by atoms with Gasteiger partial charge in [-0.25, -0.2) is 0 Å². The molecule has 0 bridgehead atoms. The lowest BCUT2D eigenvalue weighted by Crippen LogP contribution is -1.91. The topological polar surface area (TPSA) is 108 Å². The minimum atomic E-state index is -0.563. The Labute approximate surface area is 82.3 Å². The molecular formula is C7H6N4O2S. The Morgan fingerprint density at radius 3 is 2.64 bits per heavy atom. The van der Waals surface area contributed by atoms with Gasteiger partial charge in [0.15, 0.2) is 6.20 Å². The van der Waals surface area contributed by atoms with E-state index in [1.807, 2.05) is 0 Å². The number of hydrogen-bond acceptors (Lipinski definition) is 6. The Bertz CT molecular complexity index is 522. The van der Waals surface area contributed by atoms with Crippen molar-refractivity contribution in [1.82, 2.24) is 4.98 Å². The average molecular weight is 210 g/mol. The molecule has 0 unspecified atom stereocenters. The van der Waals surface area contributed by atoms with Crippen LogP contribution in [-0.2, 0) is 0 Å². The first-order valence-electron chi connectivity index (χ1n) is 3.67. The second-order valence-electron chi connectivity index (χ2n) is 2.68. The highest BCUT2D eigenvalue weighted by Gasteiger charge is 2.13. The van der Waals surface area contributed by atoms with Gasteiger partial charge in [-0.2, -0.15) is 0 Å². The van der Waals surface area contributed by atoms with E-state index < -0.39 is 4.92 Å². The Balaban J connectivity index is 2.77. The summed E-state index contributed by atoms with van der Waals surface area (Å²) in [6, 6.07) is 1.33. The smallest absolute Gasteiger partial charge is 0.364 e. The summed E-state index contributed by atoms with van der Waals surface area (Å²) in [5.41, 5.74) is 11.3. The molecule has 0 aliphatic rings. The van der Waals surface area contributed by atoms with Crippen LogP contribution in [0.5, 0.6) is 0 Å². The largest absolute Gasteiger partial charge is 0.390 e. The summed E-state index contributed by atoms with van der Waals surface area (Å²) in [5, 5.41) is 12.7. The van der Waals surface area contributed by atoms with Crippen LogP contribution in [0.1, 0.15) is 0 Å². The van der Waals surface area contributed by atoms with Crippen LogP contribution < -0.4 is 11.5 Å². The Morgan fingerprint density at radius 1 is 1.36 bits per heavy atom. The van der Waals surface area contributed by atoms with Crippen molar-refractivity contribution < 1.29 is 4.92 Å². The van der Waals surface area contributed by atoms with Gasteiger partial charge in [0.25, 0.3) is 0 Å². The van der Waals surface area contributed by atoms with E-state index in [1.165, 1.54) is 23.6 Å². The lowest BCUT2D eigenvalue weighted by atomic mass is 10.2. The summed E-state index contributed by atoms with van der Waals surface area (Å²) in [4.78, 5) is 13.5. The molecule has 0 spiro atoms. The van der Waals surface area contributed by atoms with Gasteiger partial charge < -0.3 is 21.6 Å². The van der Waals surface area contributed by atoms with Gasteiger partial charge in [-0.05, 0) is 9.91 Å². The van der Waals surface area contributed by atoms with Gasteiger partial charge in [0.1, 0.15) is 0 Å². The predicted octanol–water partition coefficient (Wildman–Crippen LogP) is 1.37. The van der Waals surface area contributed by atoms with Crippen LogP contribution in [0, 0.1) is 10.1 Å². The molecule has 0 saturated heterocycles. The number of rotatable bonds is 1. The zero-order valence-corrected chi connectivity index (χ0v) is 7.75. The molecule has 2 rings (SSSR count). The van der Waals surface area contributed by atoms with Crippen molar-refractivity contribution >= 4 is 37.9 Å². The fourth-order valence-electron chi connectivity index (χ4n) is 1.17. The third kappa shape index (κ3) is 1.14. The molecule has 0 aromatic carbocycles. The van der Waals surface area contributed by atoms with Crippen molar-refractivity contribution in [3.05, 3.63) is 22.4 Å². The van der Waals surface area contributed by atoms with Crippen LogP contribution in [0.25, 0.3) is 10.8 Å². The van der Waals surface area contributed by atoms with E-state index in [0.717, 1.165) is 0 Å². The maximum absolute atomic E-state index is 10.4. The van der Waals surface area contributed by atoms with Crippen LogP contribution >= 0.6 is 11.3 Å². The number of fused-ring (bicyclic) bond motifs is 1. The maximum Gasteiger partial charge on any atom is 0.364 e. The Kier molecular flexibility index (Phi) is 1.74. The number of nitro groups is 1. The molecule has 0 fully saturated rings. The highest BCUT2D eigenvalue weighted by Crippen LogP contribution is 2.36. The SMILES string of the molecule is Nc1sc(N)c2cc([N+](=O)[O-])ncc12. The number of thiophene rings is 1. The average Bonchev–Trinajstić information content (AvgIpc) is 2.42. The Morgan fingerprint density at radius 2 is 2.00 bits per heavy atom. The van der Waals surface area contributed by atoms with Crippen molar-refractivity contribution in [2.45, 2.75) is 0 Å². The molecule has 72 valence electrons. The summed E-state index contributed by atoms with van der Waals surface area (Å²) in [7, 11) is 0. The molecule has 7 heteroatoms. The van der Waals surface area contributed by atoms with Gasteiger partial charge in [-0.15, -0.1) is 11.3 Å². The van der Waals surface area contributed by atoms with E-state index in [-0.39, 0.29) is 5.82 Å². The molecule has 0 amide bonds. The van der Waals surface area contributed by atoms with Crippen LogP contribution in [0.3, 0.4) is 0 Å². The van der Waals surface area contributed by atoms with E-state index in [9.17, 15) is 10.1 Å². The summed E-state index contributed by atoms with van der Waals surface area (Å²) in [6.45, 7) is 0. The molecule has 14 heavy (non-hydrogen) atoms. The van der Waals surface area contributed by atoms with Crippen LogP contribution in [0.2, 0.25) is 0 Å². The third-order valence-corrected chi connectivity index (χ3v) is 2.71. The minimum Gasteiger partial charge on any atom is -0.390 e. The van der Waals surface area contributed by atoms with E-state index in [0.29, 0.717) is 20.8 Å². The molecule has 2 heterocycles. The quantitative estimate of drug-likeness (QED) is 0.545. The maximum atomic E-state index is 10.4. The zero-order valence-electron chi connectivity index (χ0n) is 6.93. The van der Waals surface area contributed by atoms with Gasteiger partial charge in [-0.3, -0.25) is 0 Å². The van der Waals surface area contributed by atoms with E-state index >= 15 is 0 Å². The van der Waals surface area contributed by atoms with Crippen molar-refractivity contribution in [1.29, 1.82) is 0 Å². The van der Waals surface area contributed by atoms with Crippen molar-refractivity contribution in [2.24, 2.45) is 0 Å². The summed E-state index contributed by atoms with van der Waals surface area (Å²) in [5.74, 6) is -0.220. The van der Waals surface area contributed by atoms with Gasteiger partial charge in [0.2, 0.25) is 0 Å². The van der Waals surface area contributed by atoms with E-state index in [2.05, 4.69) is 4.98 Å². The third-order valence-electron chi connectivity index (χ3n) is 1.83. The second kappa shape index (κ2) is 2.81. The van der Waals surface area contributed by atoms with Crippen molar-refractivity contribution in [2.75, 3.05) is 11.5 Å². The van der Waals surface area contributed by atoms with Crippen LogP contribution in [0.15, 0.2) is 12.3 Å². The van der Waals surface area contributed by atoms with Crippen LogP contribution in [0.4, 0.5) is 15.8 Å². The normalized spacial score (nSPS) is 10.6. The second-order valence-corrected chi connectivity index (χ2v) is 3.76. The Hall–Kier alpha value is -1.89. The van der Waals surface area contributed by atoms with Gasteiger partial charge in [0, 0.05) is 11.5 Å². The van der Waals surface area contributed by atoms with Gasteiger partial charge in [-0.1, -0.05) is 0 Å². The molecule has 2 aromatic rings. The standard InChI is InChI=1S/C7H6N4O2S/c8-6-3-1-5(11(12)13)10-2-4(3)7(9)14-6/h1-2H,8-9H2. The first kappa shape index (κ1) is 8.70. The van der Waals surface area contributed by atoms with Crippen molar-refractivity contribution in [3.8, 4) is 0 Å². The summed E-state index contributed by atoms with van der Waals surface area (Å²) < 4.78 is 0. The molecule has 2 aromatic heterocycles. The summed E-state index contributed by atoms with van der Waals surface area (Å²) >= 11 is 1.20. The number of nitrogens with two attached hydrogens (primary N) is 2. The van der Waals surface area contributed by atoms with Crippen LogP contribution in [-0.4, -0.2) is 9.91 Å². The molecule has 6 nitrogen and oxygen atoms in total. The lowest BCUT2D eigenvalue weighted by Gasteiger charge is -1.92. The molecule has 0 saturated carbocycles. The zero-order chi connectivity index (χ0) is 10.3.